The fourth-order valence-electron chi connectivity index (χ4n) is 4.00. The van der Waals surface area contributed by atoms with E-state index in [1.807, 2.05) is 24.3 Å². The number of likely N-dealkylation sites (tertiary alicyclic amines) is 1. The van der Waals surface area contributed by atoms with Crippen molar-refractivity contribution in [3.63, 3.8) is 0 Å². The molecule has 0 unspecified atom stereocenters. The molecular formula is C23H29N5O2S. The molecule has 1 aliphatic rings. The van der Waals surface area contributed by atoms with Crippen molar-refractivity contribution < 1.29 is 9.47 Å². The highest BCUT2D eigenvalue weighted by molar-refractivity contribution is 7.15. The normalized spacial score (nSPS) is 15.1. The summed E-state index contributed by atoms with van der Waals surface area (Å²) < 4.78 is 11.1. The van der Waals surface area contributed by atoms with Crippen LogP contribution >= 0.6 is 11.3 Å². The lowest BCUT2D eigenvalue weighted by atomic mass is 9.92. The Balaban J connectivity index is 1.38. The Morgan fingerprint density at radius 3 is 2.39 bits per heavy atom. The van der Waals surface area contributed by atoms with Gasteiger partial charge in [0.2, 0.25) is 5.13 Å². The molecular weight excluding hydrogens is 410 g/mol. The topological polar surface area (TPSA) is 72.4 Å². The Morgan fingerprint density at radius 1 is 1.03 bits per heavy atom. The highest BCUT2D eigenvalue weighted by Gasteiger charge is 2.23. The van der Waals surface area contributed by atoms with Gasteiger partial charge in [-0.2, -0.15) is 0 Å². The first-order valence-corrected chi connectivity index (χ1v) is 11.5. The van der Waals surface area contributed by atoms with Gasteiger partial charge in [-0.1, -0.05) is 30.4 Å². The van der Waals surface area contributed by atoms with Crippen LogP contribution in [0, 0.1) is 0 Å². The second-order valence-corrected chi connectivity index (χ2v) is 8.68. The first-order valence-electron chi connectivity index (χ1n) is 10.7. The van der Waals surface area contributed by atoms with Gasteiger partial charge in [0, 0.05) is 18.2 Å². The molecule has 3 heterocycles. The van der Waals surface area contributed by atoms with Crippen LogP contribution in [0.1, 0.15) is 41.9 Å². The number of nitrogens with one attached hydrogen (secondary N) is 1. The second kappa shape index (κ2) is 10.1. The molecule has 0 radical (unpaired) electrons. The molecule has 0 saturated carbocycles. The van der Waals surface area contributed by atoms with Crippen LogP contribution in [0.25, 0.3) is 0 Å². The zero-order valence-electron chi connectivity index (χ0n) is 18.3. The Morgan fingerprint density at radius 2 is 1.74 bits per heavy atom. The molecule has 0 bridgehead atoms. The summed E-state index contributed by atoms with van der Waals surface area (Å²) in [5, 5.41) is 13.5. The van der Waals surface area contributed by atoms with Gasteiger partial charge >= 0.3 is 0 Å². The van der Waals surface area contributed by atoms with Crippen molar-refractivity contribution in [1.29, 1.82) is 0 Å². The van der Waals surface area contributed by atoms with Gasteiger partial charge in [0.25, 0.3) is 0 Å². The number of rotatable bonds is 8. The quantitative estimate of drug-likeness (QED) is 0.548. The number of aryl methyl sites for hydroxylation is 1. The SMILES string of the molecule is CCc1nnc(Nc2cccc(C3CCN(Cc4c(OC)cccc4OC)CC3)n2)s1. The maximum absolute atomic E-state index is 5.56. The van der Waals surface area contributed by atoms with Crippen molar-refractivity contribution >= 4 is 22.3 Å². The third kappa shape index (κ3) is 5.14. The van der Waals surface area contributed by atoms with E-state index in [1.54, 1.807) is 25.6 Å². The van der Waals surface area contributed by atoms with E-state index in [0.717, 1.165) is 77.6 Å². The largest absolute Gasteiger partial charge is 0.496 e. The maximum atomic E-state index is 5.56. The standard InChI is InChI=1S/C23H29N5O2S/c1-4-22-26-27-23(31-22)25-21-10-5-7-18(24-21)16-11-13-28(14-12-16)15-17-19(29-2)8-6-9-20(17)30-3/h5-10,16H,4,11-15H2,1-3H3,(H,24,25,27). The Labute approximate surface area is 187 Å². The van der Waals surface area contributed by atoms with Crippen LogP contribution < -0.4 is 14.8 Å². The molecule has 4 rings (SSSR count). The predicted octanol–water partition coefficient (Wildman–Crippen LogP) is 4.64. The molecule has 164 valence electrons. The van der Waals surface area contributed by atoms with Crippen molar-refractivity contribution in [1.82, 2.24) is 20.1 Å². The van der Waals surface area contributed by atoms with Gasteiger partial charge in [0.1, 0.15) is 22.3 Å². The number of nitrogens with zero attached hydrogens (tertiary/aromatic N) is 4. The number of anilines is 2. The van der Waals surface area contributed by atoms with E-state index >= 15 is 0 Å². The molecule has 0 aliphatic carbocycles. The van der Waals surface area contributed by atoms with Crippen molar-refractivity contribution in [3.8, 4) is 11.5 Å². The molecule has 7 nitrogen and oxygen atoms in total. The summed E-state index contributed by atoms with van der Waals surface area (Å²) in [6, 6.07) is 12.1. The number of methoxy groups -OCH3 is 2. The van der Waals surface area contributed by atoms with Crippen molar-refractivity contribution in [2.45, 2.75) is 38.6 Å². The van der Waals surface area contributed by atoms with Crippen LogP contribution in [0.5, 0.6) is 11.5 Å². The molecule has 1 fully saturated rings. The van der Waals surface area contributed by atoms with Gasteiger partial charge in [0.05, 0.1) is 19.8 Å². The molecule has 1 aliphatic heterocycles. The number of benzene rings is 1. The monoisotopic (exact) mass is 439 g/mol. The fraction of sp³-hybridized carbons (Fsp3) is 0.435. The highest BCUT2D eigenvalue weighted by Crippen LogP contribution is 2.33. The van der Waals surface area contributed by atoms with Gasteiger partial charge in [0.15, 0.2) is 0 Å². The summed E-state index contributed by atoms with van der Waals surface area (Å²) in [4.78, 5) is 7.32. The van der Waals surface area contributed by atoms with Crippen LogP contribution in [0.15, 0.2) is 36.4 Å². The number of pyridine rings is 1. The van der Waals surface area contributed by atoms with Gasteiger partial charge in [-0.3, -0.25) is 4.90 Å². The van der Waals surface area contributed by atoms with Crippen LogP contribution in [0.4, 0.5) is 10.9 Å². The first-order chi connectivity index (χ1) is 15.2. The van der Waals surface area contributed by atoms with E-state index in [0.29, 0.717) is 5.92 Å². The average molecular weight is 440 g/mol. The minimum atomic E-state index is 0.457. The molecule has 31 heavy (non-hydrogen) atoms. The van der Waals surface area contributed by atoms with Crippen molar-refractivity contribution in [2.24, 2.45) is 0 Å². The summed E-state index contributed by atoms with van der Waals surface area (Å²) in [6.45, 7) is 4.94. The number of aromatic nitrogens is 3. The van der Waals surface area contributed by atoms with E-state index in [-0.39, 0.29) is 0 Å². The number of piperidine rings is 1. The minimum Gasteiger partial charge on any atom is -0.496 e. The Hall–Kier alpha value is -2.71. The van der Waals surface area contributed by atoms with E-state index < -0.39 is 0 Å². The number of hydrogen-bond donors (Lipinski definition) is 1. The smallest absolute Gasteiger partial charge is 0.211 e. The summed E-state index contributed by atoms with van der Waals surface area (Å²) in [6.07, 6.45) is 3.05. The highest BCUT2D eigenvalue weighted by atomic mass is 32.1. The maximum Gasteiger partial charge on any atom is 0.211 e. The van der Waals surface area contributed by atoms with E-state index in [9.17, 15) is 0 Å². The molecule has 0 amide bonds. The van der Waals surface area contributed by atoms with Crippen molar-refractivity contribution in [3.05, 3.63) is 52.7 Å². The molecule has 1 aromatic carbocycles. The summed E-state index contributed by atoms with van der Waals surface area (Å²) in [5.41, 5.74) is 2.25. The lowest BCUT2D eigenvalue weighted by Crippen LogP contribution is -2.33. The van der Waals surface area contributed by atoms with Crippen LogP contribution in [0.2, 0.25) is 0 Å². The van der Waals surface area contributed by atoms with Gasteiger partial charge < -0.3 is 14.8 Å². The second-order valence-electron chi connectivity index (χ2n) is 7.62. The third-order valence-corrected chi connectivity index (χ3v) is 6.68. The van der Waals surface area contributed by atoms with Gasteiger partial charge in [-0.25, -0.2) is 4.98 Å². The number of hydrogen-bond acceptors (Lipinski definition) is 8. The minimum absolute atomic E-state index is 0.457. The number of ether oxygens (including phenoxy) is 2. The van der Waals surface area contributed by atoms with Crippen LogP contribution in [0.3, 0.4) is 0 Å². The van der Waals surface area contributed by atoms with E-state index in [2.05, 4.69) is 39.5 Å². The molecule has 8 heteroatoms. The Bertz CT molecular complexity index is 979. The lowest BCUT2D eigenvalue weighted by Gasteiger charge is -2.32. The van der Waals surface area contributed by atoms with Crippen LogP contribution in [-0.2, 0) is 13.0 Å². The molecule has 1 saturated heterocycles. The summed E-state index contributed by atoms with van der Waals surface area (Å²) in [5.74, 6) is 3.05. The molecule has 0 atom stereocenters. The first kappa shape index (κ1) is 21.5. The zero-order valence-corrected chi connectivity index (χ0v) is 19.1. The van der Waals surface area contributed by atoms with Crippen LogP contribution in [-0.4, -0.2) is 47.4 Å². The fourth-order valence-corrected chi connectivity index (χ4v) is 4.69. The molecule has 3 aromatic rings. The molecule has 0 spiro atoms. The van der Waals surface area contributed by atoms with Gasteiger partial charge in [-0.05, 0) is 56.6 Å². The van der Waals surface area contributed by atoms with E-state index in [4.69, 9.17) is 14.5 Å². The predicted molar refractivity (Wildman–Crippen MR) is 124 cm³/mol. The summed E-state index contributed by atoms with van der Waals surface area (Å²) in [7, 11) is 3.42. The zero-order chi connectivity index (χ0) is 21.6. The lowest BCUT2D eigenvalue weighted by molar-refractivity contribution is 0.198. The van der Waals surface area contributed by atoms with E-state index in [1.165, 1.54) is 0 Å². The molecule has 2 aromatic heterocycles. The Kier molecular flexibility index (Phi) is 6.99. The summed E-state index contributed by atoms with van der Waals surface area (Å²) >= 11 is 1.58. The average Bonchev–Trinajstić information content (AvgIpc) is 3.27. The molecule has 1 N–H and O–H groups in total. The van der Waals surface area contributed by atoms with Crippen molar-refractivity contribution in [2.75, 3.05) is 32.6 Å². The third-order valence-electron chi connectivity index (χ3n) is 5.69. The van der Waals surface area contributed by atoms with Gasteiger partial charge in [-0.15, -0.1) is 10.2 Å².